The highest BCUT2D eigenvalue weighted by Gasteiger charge is 2.37. The lowest BCUT2D eigenvalue weighted by atomic mass is 9.70. The summed E-state index contributed by atoms with van der Waals surface area (Å²) in [6, 6.07) is 0. The van der Waals surface area contributed by atoms with Gasteiger partial charge in [0, 0.05) is 23.9 Å². The lowest BCUT2D eigenvalue weighted by molar-refractivity contribution is 0.0682. The fourth-order valence-electron chi connectivity index (χ4n) is 2.82. The first kappa shape index (κ1) is 12.4. The molecule has 0 radical (unpaired) electrons. The summed E-state index contributed by atoms with van der Waals surface area (Å²) in [4.78, 5) is 0. The van der Waals surface area contributed by atoms with E-state index in [1.54, 1.807) is 0 Å². The summed E-state index contributed by atoms with van der Waals surface area (Å²) >= 11 is 6.10. The number of allylic oxidation sites excluding steroid dienone is 1. The lowest BCUT2D eigenvalue weighted by Gasteiger charge is -2.42. The highest BCUT2D eigenvalue weighted by molar-refractivity contribution is 6.20. The average molecular weight is 245 g/mol. The molecule has 1 atom stereocenters. The SMILES string of the molecule is NN1CCC(CO)(C2=CCC(Cl)CC2)CC1. The van der Waals surface area contributed by atoms with E-state index in [1.807, 2.05) is 5.01 Å². The van der Waals surface area contributed by atoms with Crippen molar-refractivity contribution in [3.8, 4) is 0 Å². The van der Waals surface area contributed by atoms with Crippen molar-refractivity contribution in [2.45, 2.75) is 37.5 Å². The standard InChI is InChI=1S/C12H21ClN2O/c13-11-3-1-10(2-4-11)12(9-16)5-7-15(14)8-6-12/h1,11,16H,2-9,14H2. The number of hydrogen-bond acceptors (Lipinski definition) is 3. The molecule has 1 unspecified atom stereocenters. The quantitative estimate of drug-likeness (QED) is 0.441. The number of nitrogens with two attached hydrogens (primary N) is 1. The highest BCUT2D eigenvalue weighted by Crippen LogP contribution is 2.42. The van der Waals surface area contributed by atoms with Crippen molar-refractivity contribution in [3.63, 3.8) is 0 Å². The van der Waals surface area contributed by atoms with Gasteiger partial charge in [-0.3, -0.25) is 5.84 Å². The fourth-order valence-corrected chi connectivity index (χ4v) is 3.01. The molecule has 1 fully saturated rings. The van der Waals surface area contributed by atoms with E-state index in [4.69, 9.17) is 17.4 Å². The zero-order valence-electron chi connectivity index (χ0n) is 9.66. The van der Waals surface area contributed by atoms with E-state index in [9.17, 15) is 5.11 Å². The van der Waals surface area contributed by atoms with Crippen molar-refractivity contribution in [2.24, 2.45) is 11.3 Å². The summed E-state index contributed by atoms with van der Waals surface area (Å²) in [5, 5.41) is 11.8. The van der Waals surface area contributed by atoms with Gasteiger partial charge in [-0.25, -0.2) is 5.01 Å². The molecule has 0 aromatic carbocycles. The molecule has 0 spiro atoms. The van der Waals surface area contributed by atoms with Gasteiger partial charge in [0.2, 0.25) is 0 Å². The molecule has 0 amide bonds. The Morgan fingerprint density at radius 1 is 1.50 bits per heavy atom. The monoisotopic (exact) mass is 244 g/mol. The molecule has 2 aliphatic rings. The van der Waals surface area contributed by atoms with E-state index in [2.05, 4.69) is 6.08 Å². The Morgan fingerprint density at radius 3 is 2.69 bits per heavy atom. The van der Waals surface area contributed by atoms with E-state index in [0.29, 0.717) is 0 Å². The predicted octanol–water partition coefficient (Wildman–Crippen LogP) is 1.65. The first-order chi connectivity index (χ1) is 7.66. The van der Waals surface area contributed by atoms with Crippen LogP contribution in [0, 0.1) is 5.41 Å². The molecular weight excluding hydrogens is 224 g/mol. The van der Waals surface area contributed by atoms with Crippen LogP contribution in [0.15, 0.2) is 11.6 Å². The second kappa shape index (κ2) is 5.05. The smallest absolute Gasteiger partial charge is 0.0525 e. The van der Waals surface area contributed by atoms with Gasteiger partial charge in [-0.2, -0.15) is 0 Å². The maximum atomic E-state index is 9.71. The number of halogens is 1. The van der Waals surface area contributed by atoms with Crippen molar-refractivity contribution >= 4 is 11.6 Å². The summed E-state index contributed by atoms with van der Waals surface area (Å²) in [6.07, 6.45) is 7.23. The van der Waals surface area contributed by atoms with Gasteiger partial charge in [-0.05, 0) is 32.1 Å². The highest BCUT2D eigenvalue weighted by atomic mass is 35.5. The van der Waals surface area contributed by atoms with Gasteiger partial charge in [-0.15, -0.1) is 11.6 Å². The molecule has 3 N–H and O–H groups in total. The van der Waals surface area contributed by atoms with Gasteiger partial charge < -0.3 is 5.11 Å². The Balaban J connectivity index is 2.09. The van der Waals surface area contributed by atoms with E-state index in [-0.39, 0.29) is 17.4 Å². The van der Waals surface area contributed by atoms with E-state index in [1.165, 1.54) is 5.57 Å². The molecular formula is C12H21ClN2O. The molecule has 4 heteroatoms. The Hall–Kier alpha value is -0.0900. The molecule has 0 aromatic heterocycles. The lowest BCUT2D eigenvalue weighted by Crippen LogP contribution is -2.46. The Kier molecular flexibility index (Phi) is 3.90. The normalized spacial score (nSPS) is 31.2. The molecule has 16 heavy (non-hydrogen) atoms. The summed E-state index contributed by atoms with van der Waals surface area (Å²) in [5.41, 5.74) is 1.41. The number of hydrazine groups is 1. The van der Waals surface area contributed by atoms with Gasteiger partial charge in [-0.1, -0.05) is 11.6 Å². The number of alkyl halides is 1. The molecule has 0 saturated carbocycles. The average Bonchev–Trinajstić information content (AvgIpc) is 2.32. The van der Waals surface area contributed by atoms with Crippen LogP contribution in [-0.2, 0) is 0 Å². The van der Waals surface area contributed by atoms with Crippen LogP contribution in [0.2, 0.25) is 0 Å². The van der Waals surface area contributed by atoms with Crippen LogP contribution >= 0.6 is 11.6 Å². The number of aliphatic hydroxyl groups excluding tert-OH is 1. The largest absolute Gasteiger partial charge is 0.395 e. The van der Waals surface area contributed by atoms with E-state index < -0.39 is 0 Å². The maximum Gasteiger partial charge on any atom is 0.0525 e. The van der Waals surface area contributed by atoms with Crippen molar-refractivity contribution < 1.29 is 5.11 Å². The molecule has 1 saturated heterocycles. The molecule has 1 aliphatic heterocycles. The summed E-state index contributed by atoms with van der Waals surface area (Å²) in [5.74, 6) is 5.77. The topological polar surface area (TPSA) is 49.5 Å². The van der Waals surface area contributed by atoms with Gasteiger partial charge in [0.15, 0.2) is 0 Å². The van der Waals surface area contributed by atoms with Crippen LogP contribution in [0.1, 0.15) is 32.1 Å². The first-order valence-corrected chi connectivity index (χ1v) is 6.54. The van der Waals surface area contributed by atoms with Crippen LogP contribution in [0.3, 0.4) is 0 Å². The van der Waals surface area contributed by atoms with Crippen molar-refractivity contribution in [2.75, 3.05) is 19.7 Å². The zero-order valence-corrected chi connectivity index (χ0v) is 10.4. The van der Waals surface area contributed by atoms with Gasteiger partial charge >= 0.3 is 0 Å². The van der Waals surface area contributed by atoms with E-state index >= 15 is 0 Å². The van der Waals surface area contributed by atoms with Crippen molar-refractivity contribution in [1.29, 1.82) is 0 Å². The number of aliphatic hydroxyl groups is 1. The minimum Gasteiger partial charge on any atom is -0.395 e. The molecule has 0 bridgehead atoms. The second-order valence-electron chi connectivity index (χ2n) is 5.08. The van der Waals surface area contributed by atoms with Gasteiger partial charge in [0.05, 0.1) is 6.61 Å². The first-order valence-electron chi connectivity index (χ1n) is 6.10. The van der Waals surface area contributed by atoms with Crippen LogP contribution in [0.4, 0.5) is 0 Å². The summed E-state index contributed by atoms with van der Waals surface area (Å²) in [6.45, 7) is 2.00. The number of nitrogens with zero attached hydrogens (tertiary/aromatic N) is 1. The third-order valence-electron chi connectivity index (χ3n) is 4.09. The molecule has 92 valence electrons. The predicted molar refractivity (Wildman–Crippen MR) is 66.1 cm³/mol. The molecule has 1 heterocycles. The molecule has 0 aromatic rings. The van der Waals surface area contributed by atoms with Gasteiger partial charge in [0.1, 0.15) is 0 Å². The Morgan fingerprint density at radius 2 is 2.19 bits per heavy atom. The second-order valence-corrected chi connectivity index (χ2v) is 5.69. The minimum absolute atomic E-state index is 0.00704. The van der Waals surface area contributed by atoms with Crippen molar-refractivity contribution in [3.05, 3.63) is 11.6 Å². The Bertz CT molecular complexity index is 272. The van der Waals surface area contributed by atoms with Gasteiger partial charge in [0.25, 0.3) is 0 Å². The third-order valence-corrected chi connectivity index (χ3v) is 4.48. The molecule has 3 nitrogen and oxygen atoms in total. The minimum atomic E-state index is -0.00704. The number of rotatable bonds is 2. The number of hydrogen-bond donors (Lipinski definition) is 2. The maximum absolute atomic E-state index is 9.71. The molecule has 2 rings (SSSR count). The number of piperidine rings is 1. The summed E-state index contributed by atoms with van der Waals surface area (Å²) < 4.78 is 0. The fraction of sp³-hybridized carbons (Fsp3) is 0.833. The van der Waals surface area contributed by atoms with Crippen LogP contribution < -0.4 is 5.84 Å². The van der Waals surface area contributed by atoms with Crippen LogP contribution in [-0.4, -0.2) is 35.2 Å². The molecule has 1 aliphatic carbocycles. The zero-order chi connectivity index (χ0) is 11.6. The summed E-state index contributed by atoms with van der Waals surface area (Å²) in [7, 11) is 0. The van der Waals surface area contributed by atoms with Crippen LogP contribution in [0.5, 0.6) is 0 Å². The Labute approximate surface area is 102 Å². The van der Waals surface area contributed by atoms with Crippen LogP contribution in [0.25, 0.3) is 0 Å². The van der Waals surface area contributed by atoms with E-state index in [0.717, 1.165) is 45.2 Å². The third kappa shape index (κ3) is 2.43. The van der Waals surface area contributed by atoms with Crippen molar-refractivity contribution in [1.82, 2.24) is 5.01 Å².